The van der Waals surface area contributed by atoms with Crippen molar-refractivity contribution >= 4 is 5.82 Å². The highest BCUT2D eigenvalue weighted by Gasteiger charge is 2.25. The summed E-state index contributed by atoms with van der Waals surface area (Å²) in [6, 6.07) is 0. The SMILES string of the molecule is Nc1cnc(C2CC2)[nH]1. The second-order valence-electron chi connectivity index (χ2n) is 2.50. The van der Waals surface area contributed by atoms with Crippen molar-refractivity contribution in [3.63, 3.8) is 0 Å². The summed E-state index contributed by atoms with van der Waals surface area (Å²) in [5.74, 6) is 2.42. The van der Waals surface area contributed by atoms with Crippen LogP contribution in [0.1, 0.15) is 24.6 Å². The van der Waals surface area contributed by atoms with E-state index in [0.717, 1.165) is 5.82 Å². The predicted octanol–water partition coefficient (Wildman–Crippen LogP) is 0.869. The number of nitrogen functional groups attached to an aromatic ring is 1. The van der Waals surface area contributed by atoms with Gasteiger partial charge in [0, 0.05) is 5.92 Å². The molecule has 2 rings (SSSR count). The molecule has 1 saturated carbocycles. The number of nitrogens with two attached hydrogens (primary N) is 1. The van der Waals surface area contributed by atoms with Crippen molar-refractivity contribution in [1.29, 1.82) is 0 Å². The third-order valence-corrected chi connectivity index (χ3v) is 1.58. The molecule has 1 aromatic rings. The Bertz CT molecular complexity index is 212. The van der Waals surface area contributed by atoms with Gasteiger partial charge in [-0.15, -0.1) is 0 Å². The minimum absolute atomic E-state index is 0.678. The van der Waals surface area contributed by atoms with E-state index >= 15 is 0 Å². The van der Waals surface area contributed by atoms with Gasteiger partial charge in [-0.25, -0.2) is 4.98 Å². The van der Waals surface area contributed by atoms with E-state index in [9.17, 15) is 0 Å². The van der Waals surface area contributed by atoms with Crippen LogP contribution in [0.2, 0.25) is 0 Å². The zero-order valence-corrected chi connectivity index (χ0v) is 5.09. The standard InChI is InChI=1S/C6H9N3/c7-5-3-8-6(9-5)4-1-2-4/h3-4H,1-2,7H2,(H,8,9). The number of hydrogen-bond acceptors (Lipinski definition) is 2. The van der Waals surface area contributed by atoms with E-state index in [0.29, 0.717) is 11.7 Å². The summed E-state index contributed by atoms with van der Waals surface area (Å²) in [6.45, 7) is 0. The van der Waals surface area contributed by atoms with E-state index in [1.165, 1.54) is 12.8 Å². The Morgan fingerprint density at radius 3 is 2.89 bits per heavy atom. The Hall–Kier alpha value is -0.990. The summed E-state index contributed by atoms with van der Waals surface area (Å²) in [6.07, 6.45) is 4.22. The van der Waals surface area contributed by atoms with Gasteiger partial charge in [-0.2, -0.15) is 0 Å². The Balaban J connectivity index is 2.28. The first kappa shape index (κ1) is 4.85. The quantitative estimate of drug-likeness (QED) is 0.582. The monoisotopic (exact) mass is 123 g/mol. The first-order chi connectivity index (χ1) is 4.36. The average molecular weight is 123 g/mol. The van der Waals surface area contributed by atoms with Crippen LogP contribution in [0, 0.1) is 0 Å². The molecular formula is C6H9N3. The van der Waals surface area contributed by atoms with Gasteiger partial charge < -0.3 is 10.7 Å². The van der Waals surface area contributed by atoms with E-state index in [2.05, 4.69) is 9.97 Å². The summed E-state index contributed by atoms with van der Waals surface area (Å²) >= 11 is 0. The molecule has 0 saturated heterocycles. The molecule has 1 aliphatic carbocycles. The molecule has 0 bridgehead atoms. The molecule has 9 heavy (non-hydrogen) atoms. The fraction of sp³-hybridized carbons (Fsp3) is 0.500. The van der Waals surface area contributed by atoms with E-state index in [-0.39, 0.29) is 0 Å². The van der Waals surface area contributed by atoms with Gasteiger partial charge >= 0.3 is 0 Å². The van der Waals surface area contributed by atoms with Crippen molar-refractivity contribution < 1.29 is 0 Å². The van der Waals surface area contributed by atoms with Crippen LogP contribution in [0.15, 0.2) is 6.20 Å². The minimum atomic E-state index is 0.678. The van der Waals surface area contributed by atoms with E-state index < -0.39 is 0 Å². The topological polar surface area (TPSA) is 54.7 Å². The molecule has 48 valence electrons. The molecule has 0 aliphatic heterocycles. The lowest BCUT2D eigenvalue weighted by molar-refractivity contribution is 0.977. The lowest BCUT2D eigenvalue weighted by atomic mass is 10.4. The predicted molar refractivity (Wildman–Crippen MR) is 35.0 cm³/mol. The van der Waals surface area contributed by atoms with Gasteiger partial charge in [-0.1, -0.05) is 0 Å². The normalized spacial score (nSPS) is 18.2. The molecule has 0 aromatic carbocycles. The molecule has 1 aliphatic rings. The Labute approximate surface area is 53.3 Å². The molecular weight excluding hydrogens is 114 g/mol. The highest BCUT2D eigenvalue weighted by atomic mass is 15.0. The molecule has 0 unspecified atom stereocenters. The maximum absolute atomic E-state index is 5.43. The number of imidazole rings is 1. The zero-order chi connectivity index (χ0) is 6.27. The third kappa shape index (κ3) is 0.781. The Morgan fingerprint density at radius 1 is 1.67 bits per heavy atom. The first-order valence-corrected chi connectivity index (χ1v) is 3.16. The van der Waals surface area contributed by atoms with Crippen LogP contribution < -0.4 is 5.73 Å². The number of rotatable bonds is 1. The van der Waals surface area contributed by atoms with Gasteiger partial charge in [0.25, 0.3) is 0 Å². The van der Waals surface area contributed by atoms with Crippen molar-refractivity contribution in [2.24, 2.45) is 0 Å². The first-order valence-electron chi connectivity index (χ1n) is 3.16. The third-order valence-electron chi connectivity index (χ3n) is 1.58. The van der Waals surface area contributed by atoms with Gasteiger partial charge in [0.15, 0.2) is 0 Å². The van der Waals surface area contributed by atoms with Crippen LogP contribution in [-0.2, 0) is 0 Å². The van der Waals surface area contributed by atoms with Crippen LogP contribution in [0.4, 0.5) is 5.82 Å². The number of hydrogen-bond donors (Lipinski definition) is 2. The zero-order valence-electron chi connectivity index (χ0n) is 5.09. The summed E-state index contributed by atoms with van der Waals surface area (Å²) < 4.78 is 0. The molecule has 1 aromatic heterocycles. The Morgan fingerprint density at radius 2 is 2.44 bits per heavy atom. The number of H-pyrrole nitrogens is 1. The molecule has 0 amide bonds. The van der Waals surface area contributed by atoms with E-state index in [1.807, 2.05) is 0 Å². The molecule has 0 spiro atoms. The number of nitrogens with zero attached hydrogens (tertiary/aromatic N) is 1. The summed E-state index contributed by atoms with van der Waals surface area (Å²) in [5, 5.41) is 0. The molecule has 1 heterocycles. The molecule has 0 atom stereocenters. The van der Waals surface area contributed by atoms with Gasteiger partial charge in [0.2, 0.25) is 0 Å². The fourth-order valence-corrected chi connectivity index (χ4v) is 0.916. The molecule has 3 heteroatoms. The minimum Gasteiger partial charge on any atom is -0.384 e. The van der Waals surface area contributed by atoms with Crippen molar-refractivity contribution in [2.75, 3.05) is 5.73 Å². The smallest absolute Gasteiger partial charge is 0.120 e. The van der Waals surface area contributed by atoms with Gasteiger partial charge in [-0.05, 0) is 12.8 Å². The molecule has 0 radical (unpaired) electrons. The Kier molecular flexibility index (Phi) is 0.806. The highest BCUT2D eigenvalue weighted by Crippen LogP contribution is 2.38. The van der Waals surface area contributed by atoms with Crippen LogP contribution >= 0.6 is 0 Å². The van der Waals surface area contributed by atoms with Gasteiger partial charge in [-0.3, -0.25) is 0 Å². The van der Waals surface area contributed by atoms with Crippen molar-refractivity contribution in [2.45, 2.75) is 18.8 Å². The largest absolute Gasteiger partial charge is 0.384 e. The number of nitrogens with one attached hydrogen (secondary N) is 1. The number of aromatic amines is 1. The molecule has 3 N–H and O–H groups in total. The second-order valence-corrected chi connectivity index (χ2v) is 2.50. The van der Waals surface area contributed by atoms with Crippen LogP contribution in [0.3, 0.4) is 0 Å². The average Bonchev–Trinajstić information content (AvgIpc) is 2.58. The molecule has 1 fully saturated rings. The van der Waals surface area contributed by atoms with Crippen LogP contribution in [-0.4, -0.2) is 9.97 Å². The highest BCUT2D eigenvalue weighted by molar-refractivity contribution is 5.26. The van der Waals surface area contributed by atoms with Gasteiger partial charge in [0.1, 0.15) is 11.6 Å². The van der Waals surface area contributed by atoms with Crippen LogP contribution in [0.5, 0.6) is 0 Å². The van der Waals surface area contributed by atoms with Crippen molar-refractivity contribution in [1.82, 2.24) is 9.97 Å². The summed E-state index contributed by atoms with van der Waals surface area (Å²) in [4.78, 5) is 7.10. The lowest BCUT2D eigenvalue weighted by Crippen LogP contribution is -1.84. The molecule has 3 nitrogen and oxygen atoms in total. The lowest BCUT2D eigenvalue weighted by Gasteiger charge is -1.84. The van der Waals surface area contributed by atoms with E-state index in [4.69, 9.17) is 5.73 Å². The van der Waals surface area contributed by atoms with Crippen molar-refractivity contribution in [3.05, 3.63) is 12.0 Å². The van der Waals surface area contributed by atoms with Crippen molar-refractivity contribution in [3.8, 4) is 0 Å². The maximum Gasteiger partial charge on any atom is 0.120 e. The fourth-order valence-electron chi connectivity index (χ4n) is 0.916. The summed E-state index contributed by atoms with van der Waals surface area (Å²) in [7, 11) is 0. The number of aromatic nitrogens is 2. The summed E-state index contributed by atoms with van der Waals surface area (Å²) in [5.41, 5.74) is 5.43. The maximum atomic E-state index is 5.43. The van der Waals surface area contributed by atoms with Gasteiger partial charge in [0.05, 0.1) is 6.20 Å². The van der Waals surface area contributed by atoms with E-state index in [1.54, 1.807) is 6.20 Å². The second kappa shape index (κ2) is 1.50. The number of anilines is 1. The van der Waals surface area contributed by atoms with Crippen LogP contribution in [0.25, 0.3) is 0 Å².